The highest BCUT2D eigenvalue weighted by Gasteiger charge is 2.72. The molecule has 0 heterocycles. The third-order valence-electron chi connectivity index (χ3n) is 5.96. The third kappa shape index (κ3) is 26.4. The van der Waals surface area contributed by atoms with E-state index in [1.807, 2.05) is 42.1 Å². The quantitative estimate of drug-likeness (QED) is 0.0824. The molecule has 0 fully saturated rings. The molecule has 0 saturated carbocycles. The van der Waals surface area contributed by atoms with Gasteiger partial charge >= 0.3 is 35.9 Å². The molecule has 1 rings (SSSR count). The maximum Gasteiger partial charge on any atom is 0.646 e. The van der Waals surface area contributed by atoms with Gasteiger partial charge in [0.2, 0.25) is 0 Å². The lowest BCUT2D eigenvalue weighted by molar-refractivity contribution is 0.0253. The molecule has 0 spiro atoms. The van der Waals surface area contributed by atoms with Gasteiger partial charge in [0, 0.05) is 0 Å². The van der Waals surface area contributed by atoms with Crippen molar-refractivity contribution in [3.05, 3.63) is 41.6 Å². The molecule has 0 aliphatic rings. The first kappa shape index (κ1) is 59.3. The molecule has 0 amide bonds. The topological polar surface area (TPSA) is 111 Å². The van der Waals surface area contributed by atoms with Crippen molar-refractivity contribution in [1.82, 2.24) is 0 Å². The van der Waals surface area contributed by atoms with Crippen molar-refractivity contribution in [2.75, 3.05) is 0 Å². The first-order chi connectivity index (χ1) is 26.1. The van der Waals surface area contributed by atoms with E-state index in [4.69, 9.17) is 49.4 Å². The average Bonchev–Trinajstić information content (AvgIpc) is 2.82. The standard InChI is InChI=1S/C35H88O12Si13/c1-48(2,3)36-57(37-49(4,5)6,34-33-35-31-29-28-30-32-35)45-59(41-53(16,17)18,42-54(19,20)21)47-60(43-55(22,23)24,44-56(25,26)27)46-58(38-50(7,8)9,39-51(10,11)12)40-52(13,14)15/h28-34H,1-27H3. The van der Waals surface area contributed by atoms with Crippen molar-refractivity contribution in [2.24, 2.45) is 0 Å². The fraction of sp³-hybridized carbons (Fsp3) is 0.771. The summed E-state index contributed by atoms with van der Waals surface area (Å²) in [6, 6.07) is 10.1. The van der Waals surface area contributed by atoms with Crippen LogP contribution in [0.2, 0.25) is 177 Å². The largest absolute Gasteiger partial charge is 0.646 e. The highest BCUT2D eigenvalue weighted by molar-refractivity contribution is 6.97. The van der Waals surface area contributed by atoms with Crippen LogP contribution < -0.4 is 0 Å². The first-order valence-electron chi connectivity index (χ1n) is 21.2. The summed E-state index contributed by atoms with van der Waals surface area (Å²) >= 11 is 0. The SMILES string of the molecule is C[Si](C)(C)O[Si](C=Cc1ccccc1)(O[Si](C)(C)C)O[Si](O[Si](C)(C)C)(O[Si](C)(C)C)O[Si](O[Si](C)(C)C)(O[Si](C)(C)C)O[Si](O[Si](C)(C)C)(O[Si](C)(C)C)O[Si](C)(C)C. The third-order valence-corrected chi connectivity index (χ3v) is 44.0. The second-order valence-corrected chi connectivity index (χ2v) is 76.4. The van der Waals surface area contributed by atoms with Crippen molar-refractivity contribution in [1.29, 1.82) is 0 Å². The van der Waals surface area contributed by atoms with E-state index in [1.165, 1.54) is 0 Å². The Bertz CT molecular complexity index is 1420. The van der Waals surface area contributed by atoms with Crippen molar-refractivity contribution in [3.8, 4) is 0 Å². The summed E-state index contributed by atoms with van der Waals surface area (Å²) < 4.78 is 88.8. The lowest BCUT2D eigenvalue weighted by Crippen LogP contribution is -2.76. The van der Waals surface area contributed by atoms with Gasteiger partial charge in [-0.1, -0.05) is 36.4 Å². The second kappa shape index (κ2) is 20.7. The Morgan fingerprint density at radius 3 is 0.717 bits per heavy atom. The molecular formula is C35H88O12Si13. The molecule has 0 unspecified atom stereocenters. The maximum absolute atomic E-state index is 7.76. The Hall–Kier alpha value is 1.30. The maximum atomic E-state index is 7.76. The van der Waals surface area contributed by atoms with Gasteiger partial charge in [0.05, 0.1) is 0 Å². The van der Waals surface area contributed by atoms with E-state index in [1.54, 1.807) is 0 Å². The predicted octanol–water partition coefficient (Wildman–Crippen LogP) is 12.2. The summed E-state index contributed by atoms with van der Waals surface area (Å²) in [5.41, 5.74) is 2.97. The van der Waals surface area contributed by atoms with E-state index in [-0.39, 0.29) is 0 Å². The van der Waals surface area contributed by atoms with Gasteiger partial charge in [0.25, 0.3) is 0 Å². The lowest BCUT2D eigenvalue weighted by Gasteiger charge is -2.50. The second-order valence-electron chi connectivity index (χ2n) is 24.1. The monoisotopic (exact) mass is 1060 g/mol. The van der Waals surface area contributed by atoms with Crippen molar-refractivity contribution in [3.63, 3.8) is 0 Å². The van der Waals surface area contributed by atoms with Gasteiger partial charge in [-0.05, 0) is 188 Å². The Balaban J connectivity index is 4.82. The number of hydrogen-bond acceptors (Lipinski definition) is 12. The highest BCUT2D eigenvalue weighted by atomic mass is 28.6. The van der Waals surface area contributed by atoms with Gasteiger partial charge < -0.3 is 49.4 Å². The minimum absolute atomic E-state index is 0.976. The summed E-state index contributed by atoms with van der Waals surface area (Å²) in [4.78, 5) is 0. The number of benzene rings is 1. The summed E-state index contributed by atoms with van der Waals surface area (Å²) in [5, 5.41) is 0. The molecule has 0 aliphatic carbocycles. The van der Waals surface area contributed by atoms with Crippen LogP contribution in [-0.2, 0) is 49.4 Å². The van der Waals surface area contributed by atoms with E-state index >= 15 is 0 Å². The van der Waals surface area contributed by atoms with Crippen LogP contribution in [0.1, 0.15) is 5.56 Å². The molecule has 1 aromatic rings. The molecule has 0 bridgehead atoms. The molecule has 12 nitrogen and oxygen atoms in total. The highest BCUT2D eigenvalue weighted by Crippen LogP contribution is 2.39. The zero-order chi connectivity index (χ0) is 47.5. The van der Waals surface area contributed by atoms with E-state index in [0.717, 1.165) is 5.56 Å². The minimum atomic E-state index is -4.62. The fourth-order valence-electron chi connectivity index (χ4n) is 5.26. The normalized spacial score (nSPS) is 15.7. The molecule has 60 heavy (non-hydrogen) atoms. The van der Waals surface area contributed by atoms with Crippen LogP contribution in [0.4, 0.5) is 0 Å². The molecule has 352 valence electrons. The van der Waals surface area contributed by atoms with Crippen LogP contribution in [0, 0.1) is 0 Å². The van der Waals surface area contributed by atoms with Gasteiger partial charge in [-0.3, -0.25) is 0 Å². The van der Waals surface area contributed by atoms with E-state index < -0.39 is 111 Å². The lowest BCUT2D eigenvalue weighted by atomic mass is 10.2. The summed E-state index contributed by atoms with van der Waals surface area (Å²) in [6.45, 7) is 57.2. The molecule has 0 aromatic heterocycles. The van der Waals surface area contributed by atoms with Crippen LogP contribution in [0.3, 0.4) is 0 Å². The van der Waals surface area contributed by atoms with Crippen LogP contribution >= 0.6 is 0 Å². The van der Waals surface area contributed by atoms with Crippen LogP contribution in [0.5, 0.6) is 0 Å². The summed E-state index contributed by atoms with van der Waals surface area (Å²) in [6.07, 6.45) is 2.02. The Morgan fingerprint density at radius 2 is 0.483 bits per heavy atom. The van der Waals surface area contributed by atoms with E-state index in [2.05, 4.69) is 177 Å². The van der Waals surface area contributed by atoms with Gasteiger partial charge in [-0.15, -0.1) is 0 Å². The fourth-order valence-corrected chi connectivity index (χ4v) is 49.5. The van der Waals surface area contributed by atoms with E-state index in [9.17, 15) is 0 Å². The molecule has 25 heteroatoms. The van der Waals surface area contributed by atoms with Crippen molar-refractivity contribution >= 4 is 117 Å². The average molecular weight is 1070 g/mol. The smallest absolute Gasteiger partial charge is 0.414 e. The number of hydrogen-bond donors (Lipinski definition) is 0. The minimum Gasteiger partial charge on any atom is -0.414 e. The molecule has 0 atom stereocenters. The molecule has 0 N–H and O–H groups in total. The Morgan fingerprint density at radius 1 is 0.267 bits per heavy atom. The molecular weight excluding hydrogens is 977 g/mol. The number of rotatable bonds is 26. The molecule has 0 aliphatic heterocycles. The summed E-state index contributed by atoms with van der Waals surface area (Å²) in [7, 11) is -40.3. The van der Waals surface area contributed by atoms with Crippen molar-refractivity contribution < 1.29 is 49.4 Å². The molecule has 0 radical (unpaired) electrons. The zero-order valence-corrected chi connectivity index (χ0v) is 55.9. The zero-order valence-electron chi connectivity index (χ0n) is 42.9. The van der Waals surface area contributed by atoms with Gasteiger partial charge in [-0.25, -0.2) is 0 Å². The van der Waals surface area contributed by atoms with Gasteiger partial charge in [0.15, 0.2) is 74.9 Å². The summed E-state index contributed by atoms with van der Waals surface area (Å²) in [5.74, 6) is 0. The predicted molar refractivity (Wildman–Crippen MR) is 282 cm³/mol. The van der Waals surface area contributed by atoms with Gasteiger partial charge in [-0.2, -0.15) is 0 Å². The first-order valence-corrected chi connectivity index (χ1v) is 58.6. The van der Waals surface area contributed by atoms with Gasteiger partial charge in [0.1, 0.15) is 0 Å². The van der Waals surface area contributed by atoms with Crippen LogP contribution in [-0.4, -0.2) is 111 Å². The Labute approximate surface area is 382 Å². The Kier molecular flexibility index (Phi) is 20.4. The van der Waals surface area contributed by atoms with Crippen LogP contribution in [0.25, 0.3) is 6.08 Å². The molecule has 0 saturated heterocycles. The van der Waals surface area contributed by atoms with E-state index in [0.29, 0.717) is 0 Å². The van der Waals surface area contributed by atoms with Crippen LogP contribution in [0.15, 0.2) is 36.0 Å². The van der Waals surface area contributed by atoms with Crippen molar-refractivity contribution in [2.45, 2.75) is 177 Å². The molecule has 1 aromatic carbocycles.